The fourth-order valence-electron chi connectivity index (χ4n) is 1.40. The van der Waals surface area contributed by atoms with E-state index in [-0.39, 0.29) is 17.3 Å². The zero-order valence-electron chi connectivity index (χ0n) is 9.68. The lowest BCUT2D eigenvalue weighted by molar-refractivity contribution is -0.148. The summed E-state index contributed by atoms with van der Waals surface area (Å²) in [5.74, 6) is 0.307. The van der Waals surface area contributed by atoms with Gasteiger partial charge in [-0.2, -0.15) is 0 Å². The van der Waals surface area contributed by atoms with Crippen LogP contribution in [0.5, 0.6) is 0 Å². The maximum absolute atomic E-state index is 11.4. The summed E-state index contributed by atoms with van der Waals surface area (Å²) in [6.07, 6.45) is 0.886. The molecule has 2 nitrogen and oxygen atoms in total. The van der Waals surface area contributed by atoms with Gasteiger partial charge in [0.25, 0.3) is 0 Å². The van der Waals surface area contributed by atoms with E-state index in [1.54, 1.807) is 0 Å². The van der Waals surface area contributed by atoms with Crippen LogP contribution in [0.25, 0.3) is 0 Å². The Bertz CT molecular complexity index is 165. The monoisotopic (exact) mass is 186 g/mol. The first-order chi connectivity index (χ1) is 5.78. The second-order valence-corrected chi connectivity index (χ2v) is 5.14. The van der Waals surface area contributed by atoms with Crippen LogP contribution >= 0.6 is 0 Å². The molecule has 0 aliphatic carbocycles. The lowest BCUT2D eigenvalue weighted by Crippen LogP contribution is -2.26. The molecule has 0 amide bonds. The van der Waals surface area contributed by atoms with E-state index < -0.39 is 0 Å². The molecule has 2 heteroatoms. The minimum atomic E-state index is -0.0788. The Kier molecular flexibility index (Phi) is 4.45. The van der Waals surface area contributed by atoms with Crippen molar-refractivity contribution in [2.24, 2.45) is 17.3 Å². The van der Waals surface area contributed by atoms with Crippen molar-refractivity contribution < 1.29 is 9.53 Å². The SMILES string of the molecule is COC(=O)[C@H](CC(C)(C)C)C(C)C. The molecule has 0 bridgehead atoms. The van der Waals surface area contributed by atoms with Crippen LogP contribution in [-0.4, -0.2) is 13.1 Å². The summed E-state index contributed by atoms with van der Waals surface area (Å²) in [6, 6.07) is 0. The topological polar surface area (TPSA) is 26.3 Å². The number of ether oxygens (including phenoxy) is 1. The second kappa shape index (κ2) is 4.64. The van der Waals surface area contributed by atoms with E-state index in [4.69, 9.17) is 4.74 Å². The van der Waals surface area contributed by atoms with Crippen LogP contribution < -0.4 is 0 Å². The highest BCUT2D eigenvalue weighted by atomic mass is 16.5. The Morgan fingerprint density at radius 2 is 1.77 bits per heavy atom. The van der Waals surface area contributed by atoms with Crippen molar-refractivity contribution in [1.29, 1.82) is 0 Å². The number of carbonyl (C=O) groups excluding carboxylic acids is 1. The molecule has 0 aromatic heterocycles. The molecule has 1 atom stereocenters. The zero-order valence-corrected chi connectivity index (χ0v) is 9.68. The number of hydrogen-bond acceptors (Lipinski definition) is 2. The molecule has 0 heterocycles. The van der Waals surface area contributed by atoms with Gasteiger partial charge in [-0.05, 0) is 17.8 Å². The largest absolute Gasteiger partial charge is 0.469 e. The van der Waals surface area contributed by atoms with E-state index in [1.165, 1.54) is 7.11 Å². The normalized spacial score (nSPS) is 14.4. The van der Waals surface area contributed by atoms with Gasteiger partial charge in [0.2, 0.25) is 0 Å². The van der Waals surface area contributed by atoms with Gasteiger partial charge in [0, 0.05) is 0 Å². The maximum Gasteiger partial charge on any atom is 0.308 e. The molecule has 78 valence electrons. The standard InChI is InChI=1S/C11H22O2/c1-8(2)9(10(12)13-6)7-11(3,4)5/h8-9H,7H2,1-6H3/t9-/m1/s1. The maximum atomic E-state index is 11.4. The molecule has 0 aromatic carbocycles. The van der Waals surface area contributed by atoms with Crippen LogP contribution in [0.4, 0.5) is 0 Å². The van der Waals surface area contributed by atoms with E-state index in [1.807, 2.05) is 0 Å². The molecule has 13 heavy (non-hydrogen) atoms. The van der Waals surface area contributed by atoms with Gasteiger partial charge in [0.1, 0.15) is 0 Å². The summed E-state index contributed by atoms with van der Waals surface area (Å²) in [7, 11) is 1.46. The van der Waals surface area contributed by atoms with Gasteiger partial charge < -0.3 is 4.74 Å². The summed E-state index contributed by atoms with van der Waals surface area (Å²) in [5.41, 5.74) is 0.184. The van der Waals surface area contributed by atoms with Crippen LogP contribution in [0.2, 0.25) is 0 Å². The average Bonchev–Trinajstić information content (AvgIpc) is 1.96. The van der Waals surface area contributed by atoms with Crippen LogP contribution in [0.3, 0.4) is 0 Å². The van der Waals surface area contributed by atoms with Crippen LogP contribution in [0, 0.1) is 17.3 Å². The molecule has 0 rings (SSSR count). The molecule has 0 saturated heterocycles. The number of esters is 1. The molecule has 0 aromatic rings. The van der Waals surface area contributed by atoms with Crippen molar-refractivity contribution in [3.05, 3.63) is 0 Å². The lowest BCUT2D eigenvalue weighted by atomic mass is 9.80. The zero-order chi connectivity index (χ0) is 10.6. The predicted molar refractivity (Wildman–Crippen MR) is 54.4 cm³/mol. The van der Waals surface area contributed by atoms with Crippen LogP contribution in [0.15, 0.2) is 0 Å². The Morgan fingerprint density at radius 1 is 1.31 bits per heavy atom. The first-order valence-corrected chi connectivity index (χ1v) is 4.86. The van der Waals surface area contributed by atoms with Gasteiger partial charge in [-0.3, -0.25) is 4.79 Å². The van der Waals surface area contributed by atoms with Crippen molar-refractivity contribution in [3.8, 4) is 0 Å². The number of rotatable bonds is 3. The highest BCUT2D eigenvalue weighted by Crippen LogP contribution is 2.29. The molecular weight excluding hydrogens is 164 g/mol. The Hall–Kier alpha value is -0.530. The third kappa shape index (κ3) is 4.91. The van der Waals surface area contributed by atoms with Crippen molar-refractivity contribution in [2.75, 3.05) is 7.11 Å². The van der Waals surface area contributed by atoms with Gasteiger partial charge in [0.15, 0.2) is 0 Å². The van der Waals surface area contributed by atoms with E-state index >= 15 is 0 Å². The quantitative estimate of drug-likeness (QED) is 0.633. The summed E-state index contributed by atoms with van der Waals surface area (Å²) in [4.78, 5) is 11.4. The minimum absolute atomic E-state index is 0.0324. The third-order valence-electron chi connectivity index (χ3n) is 2.14. The molecule has 0 N–H and O–H groups in total. The highest BCUT2D eigenvalue weighted by molar-refractivity contribution is 5.72. The summed E-state index contributed by atoms with van der Waals surface area (Å²) >= 11 is 0. The van der Waals surface area contributed by atoms with Crippen LogP contribution in [-0.2, 0) is 9.53 Å². The van der Waals surface area contributed by atoms with E-state index in [0.717, 1.165) is 6.42 Å². The predicted octanol–water partition coefficient (Wildman–Crippen LogP) is 2.87. The Labute approximate surface area is 81.7 Å². The fraction of sp³-hybridized carbons (Fsp3) is 0.909. The minimum Gasteiger partial charge on any atom is -0.469 e. The highest BCUT2D eigenvalue weighted by Gasteiger charge is 2.27. The van der Waals surface area contributed by atoms with Crippen LogP contribution in [0.1, 0.15) is 41.0 Å². The van der Waals surface area contributed by atoms with Crippen molar-refractivity contribution in [3.63, 3.8) is 0 Å². The Morgan fingerprint density at radius 3 is 2.00 bits per heavy atom. The van der Waals surface area contributed by atoms with Gasteiger partial charge >= 0.3 is 5.97 Å². The van der Waals surface area contributed by atoms with Crippen molar-refractivity contribution in [2.45, 2.75) is 41.0 Å². The molecule has 0 fully saturated rings. The first kappa shape index (κ1) is 12.5. The molecule has 0 radical (unpaired) electrons. The second-order valence-electron chi connectivity index (χ2n) is 5.14. The van der Waals surface area contributed by atoms with Gasteiger partial charge in [-0.25, -0.2) is 0 Å². The van der Waals surface area contributed by atoms with Crippen molar-refractivity contribution >= 4 is 5.97 Å². The number of hydrogen-bond donors (Lipinski definition) is 0. The Balaban J connectivity index is 4.36. The van der Waals surface area contributed by atoms with Crippen molar-refractivity contribution in [1.82, 2.24) is 0 Å². The van der Waals surface area contributed by atoms with Gasteiger partial charge in [-0.15, -0.1) is 0 Å². The summed E-state index contributed by atoms with van der Waals surface area (Å²) in [6.45, 7) is 10.6. The third-order valence-corrected chi connectivity index (χ3v) is 2.14. The number of methoxy groups -OCH3 is 1. The van der Waals surface area contributed by atoms with E-state index in [2.05, 4.69) is 34.6 Å². The molecule has 0 spiro atoms. The molecule has 0 aliphatic heterocycles. The van der Waals surface area contributed by atoms with Gasteiger partial charge in [0.05, 0.1) is 13.0 Å². The smallest absolute Gasteiger partial charge is 0.308 e. The molecule has 0 saturated carbocycles. The first-order valence-electron chi connectivity index (χ1n) is 4.86. The number of carbonyl (C=O) groups is 1. The van der Waals surface area contributed by atoms with Gasteiger partial charge in [-0.1, -0.05) is 34.6 Å². The molecular formula is C11H22O2. The lowest BCUT2D eigenvalue weighted by Gasteiger charge is -2.26. The van der Waals surface area contributed by atoms with E-state index in [9.17, 15) is 4.79 Å². The summed E-state index contributed by atoms with van der Waals surface area (Å²) < 4.78 is 4.78. The fourth-order valence-corrected chi connectivity index (χ4v) is 1.40. The average molecular weight is 186 g/mol. The summed E-state index contributed by atoms with van der Waals surface area (Å²) in [5, 5.41) is 0. The molecule has 0 aliphatic rings. The van der Waals surface area contributed by atoms with E-state index in [0.29, 0.717) is 5.92 Å². The molecule has 0 unspecified atom stereocenters.